The summed E-state index contributed by atoms with van der Waals surface area (Å²) in [5.41, 5.74) is -3.58. The lowest BCUT2D eigenvalue weighted by Crippen LogP contribution is -2.61. The van der Waals surface area contributed by atoms with Crippen molar-refractivity contribution in [3.8, 4) is 0 Å². The highest BCUT2D eigenvalue weighted by Crippen LogP contribution is 2.76. The van der Waals surface area contributed by atoms with Crippen LogP contribution in [0.3, 0.4) is 0 Å². The summed E-state index contributed by atoms with van der Waals surface area (Å²) in [7, 11) is 0. The largest absolute Gasteiger partial charge is 0.458 e. The van der Waals surface area contributed by atoms with Gasteiger partial charge >= 0.3 is 5.97 Å². The fourth-order valence-electron chi connectivity index (χ4n) is 7.13. The van der Waals surface area contributed by atoms with E-state index in [4.69, 9.17) is 4.74 Å². The predicted octanol–water partition coefficient (Wildman–Crippen LogP) is 1.88. The molecule has 0 bridgehead atoms. The number of esters is 1. The molecule has 4 aliphatic rings. The zero-order chi connectivity index (χ0) is 23.9. The maximum absolute atomic E-state index is 12.9. The number of aliphatic hydroxyl groups is 3. The summed E-state index contributed by atoms with van der Waals surface area (Å²) in [5.74, 6) is -2.90. The van der Waals surface area contributed by atoms with Crippen LogP contribution in [-0.4, -0.2) is 56.3 Å². The Kier molecular flexibility index (Phi) is 5.16. The Balaban J connectivity index is 1.77. The normalized spacial score (nSPS) is 43.8. The molecule has 7 heteroatoms. The van der Waals surface area contributed by atoms with Crippen LogP contribution in [-0.2, 0) is 19.1 Å². The number of ketones is 2. The highest BCUT2D eigenvalue weighted by Gasteiger charge is 2.83. The first-order valence-electron chi connectivity index (χ1n) is 11.5. The number of rotatable bonds is 5. The van der Waals surface area contributed by atoms with Gasteiger partial charge in [-0.3, -0.25) is 9.59 Å². The molecular formula is C25H34O7. The van der Waals surface area contributed by atoms with E-state index in [-0.39, 0.29) is 37.6 Å². The Labute approximate surface area is 188 Å². The first-order chi connectivity index (χ1) is 14.8. The standard InChI is InChI=1S/C25H34O7/c1-13-8-18-23(30,21(13)29)11-16(12-26)9-17-20-22(4,5)24(20,10-14(2)25(17,18)31)32-19(28)7-6-15(3)27/h8-9,14,17-18,20,26,30-31H,6-7,10-12H2,1-5H3/t14-,17+,18-,20-,23-,24+,25-/m1/s1. The molecule has 0 heterocycles. The number of hydrogen-bond acceptors (Lipinski definition) is 7. The minimum Gasteiger partial charge on any atom is -0.458 e. The summed E-state index contributed by atoms with van der Waals surface area (Å²) in [6.07, 6.45) is 3.98. The first-order valence-corrected chi connectivity index (χ1v) is 11.5. The number of hydrogen-bond donors (Lipinski definition) is 3. The summed E-state index contributed by atoms with van der Waals surface area (Å²) < 4.78 is 6.03. The van der Waals surface area contributed by atoms with Crippen LogP contribution in [0, 0.1) is 29.1 Å². The molecule has 0 radical (unpaired) electrons. The number of carbonyl (C=O) groups excluding carboxylic acids is 3. The van der Waals surface area contributed by atoms with E-state index < -0.39 is 51.7 Å². The van der Waals surface area contributed by atoms with E-state index in [0.717, 1.165) is 0 Å². The third-order valence-electron chi connectivity index (χ3n) is 8.85. The van der Waals surface area contributed by atoms with E-state index in [9.17, 15) is 29.7 Å². The fraction of sp³-hybridized carbons (Fsp3) is 0.720. The van der Waals surface area contributed by atoms with E-state index in [0.29, 0.717) is 17.6 Å². The van der Waals surface area contributed by atoms with Gasteiger partial charge < -0.3 is 24.9 Å². The van der Waals surface area contributed by atoms with Crippen LogP contribution >= 0.6 is 0 Å². The minimum atomic E-state index is -1.80. The van der Waals surface area contributed by atoms with Crippen LogP contribution in [0.2, 0.25) is 0 Å². The van der Waals surface area contributed by atoms with Crippen molar-refractivity contribution in [3.05, 3.63) is 23.3 Å². The molecule has 0 aromatic rings. The molecule has 0 amide bonds. The van der Waals surface area contributed by atoms with Gasteiger partial charge in [-0.1, -0.05) is 32.9 Å². The summed E-state index contributed by atoms with van der Waals surface area (Å²) in [6, 6.07) is 0. The van der Waals surface area contributed by atoms with E-state index in [1.54, 1.807) is 19.1 Å². The summed E-state index contributed by atoms with van der Waals surface area (Å²) in [5, 5.41) is 33.7. The van der Waals surface area contributed by atoms with Gasteiger partial charge in [-0.25, -0.2) is 0 Å². The highest BCUT2D eigenvalue weighted by atomic mass is 16.6. The van der Waals surface area contributed by atoms with Gasteiger partial charge in [0.05, 0.1) is 18.6 Å². The SMILES string of the molecule is CC(=O)CCC(=O)O[C@@]12C[C@@H](C)[C@@]3(O)[C@@H](C=C(CO)C[C@]4(O)C(=O)C(C)=C[C@@H]34)[C@@H]1C2(C)C. The molecule has 176 valence electrons. The molecule has 0 unspecified atom stereocenters. The van der Waals surface area contributed by atoms with E-state index in [2.05, 4.69) is 0 Å². The van der Waals surface area contributed by atoms with Gasteiger partial charge in [-0.05, 0) is 37.3 Å². The Hall–Kier alpha value is -1.83. The lowest BCUT2D eigenvalue weighted by atomic mass is 9.60. The van der Waals surface area contributed by atoms with Crippen LogP contribution in [0.4, 0.5) is 0 Å². The lowest BCUT2D eigenvalue weighted by molar-refractivity contribution is -0.187. The number of ether oxygens (including phenoxy) is 1. The second kappa shape index (κ2) is 7.08. The maximum Gasteiger partial charge on any atom is 0.306 e. The number of fused-ring (bicyclic) bond motifs is 5. The molecule has 7 atom stereocenters. The van der Waals surface area contributed by atoms with Crippen LogP contribution in [0.15, 0.2) is 23.3 Å². The molecule has 2 saturated carbocycles. The summed E-state index contributed by atoms with van der Waals surface area (Å²) >= 11 is 0. The molecule has 3 N–H and O–H groups in total. The van der Waals surface area contributed by atoms with Gasteiger partial charge in [0.2, 0.25) is 0 Å². The third kappa shape index (κ3) is 2.87. The van der Waals surface area contributed by atoms with Gasteiger partial charge in [-0.15, -0.1) is 0 Å². The second-order valence-corrected chi connectivity index (χ2v) is 11.0. The molecule has 0 spiro atoms. The zero-order valence-electron chi connectivity index (χ0n) is 19.5. The summed E-state index contributed by atoms with van der Waals surface area (Å²) in [6.45, 7) is 8.61. The Bertz CT molecular complexity index is 946. The highest BCUT2D eigenvalue weighted by molar-refractivity contribution is 6.04. The third-order valence-corrected chi connectivity index (χ3v) is 8.85. The lowest BCUT2D eigenvalue weighted by Gasteiger charge is -2.50. The molecule has 0 saturated heterocycles. The topological polar surface area (TPSA) is 121 Å². The zero-order valence-corrected chi connectivity index (χ0v) is 19.5. The number of Topliss-reactive ketones (excluding diaryl/α,β-unsaturated/α-hetero) is 2. The number of carbonyl (C=O) groups is 3. The predicted molar refractivity (Wildman–Crippen MR) is 115 cm³/mol. The second-order valence-electron chi connectivity index (χ2n) is 11.0. The summed E-state index contributed by atoms with van der Waals surface area (Å²) in [4.78, 5) is 36.8. The van der Waals surface area contributed by atoms with Gasteiger partial charge in [0.15, 0.2) is 5.78 Å². The Morgan fingerprint density at radius 2 is 1.84 bits per heavy atom. The fourth-order valence-corrected chi connectivity index (χ4v) is 7.13. The first kappa shape index (κ1) is 23.3. The minimum absolute atomic E-state index is 0.0136. The Morgan fingerprint density at radius 1 is 1.19 bits per heavy atom. The quantitative estimate of drug-likeness (QED) is 0.435. The molecule has 4 rings (SSSR count). The molecule has 32 heavy (non-hydrogen) atoms. The molecule has 0 aromatic carbocycles. The van der Waals surface area contributed by atoms with E-state index >= 15 is 0 Å². The van der Waals surface area contributed by atoms with Crippen LogP contribution in [0.1, 0.15) is 60.3 Å². The maximum atomic E-state index is 12.9. The van der Waals surface area contributed by atoms with Crippen molar-refractivity contribution in [1.82, 2.24) is 0 Å². The molecule has 0 aromatic heterocycles. The molecule has 2 fully saturated rings. The average molecular weight is 447 g/mol. The van der Waals surface area contributed by atoms with Crippen molar-refractivity contribution in [2.45, 2.75) is 77.1 Å². The van der Waals surface area contributed by atoms with Crippen LogP contribution in [0.5, 0.6) is 0 Å². The van der Waals surface area contributed by atoms with E-state index in [1.165, 1.54) is 6.92 Å². The van der Waals surface area contributed by atoms with Crippen molar-refractivity contribution in [1.29, 1.82) is 0 Å². The van der Waals surface area contributed by atoms with Crippen LogP contribution < -0.4 is 0 Å². The Morgan fingerprint density at radius 3 is 2.44 bits per heavy atom. The molecule has 0 aliphatic heterocycles. The van der Waals surface area contributed by atoms with Crippen molar-refractivity contribution >= 4 is 17.5 Å². The molecule has 7 nitrogen and oxygen atoms in total. The van der Waals surface area contributed by atoms with Crippen molar-refractivity contribution < 1.29 is 34.4 Å². The smallest absolute Gasteiger partial charge is 0.306 e. The molecule has 4 aliphatic carbocycles. The monoisotopic (exact) mass is 446 g/mol. The van der Waals surface area contributed by atoms with Crippen molar-refractivity contribution in [3.63, 3.8) is 0 Å². The number of aliphatic hydroxyl groups excluding tert-OH is 1. The van der Waals surface area contributed by atoms with Gasteiger partial charge in [0.25, 0.3) is 0 Å². The van der Waals surface area contributed by atoms with E-state index in [1.807, 2.05) is 20.8 Å². The van der Waals surface area contributed by atoms with Crippen molar-refractivity contribution in [2.24, 2.45) is 29.1 Å². The average Bonchev–Trinajstić information content (AvgIpc) is 3.11. The van der Waals surface area contributed by atoms with Crippen molar-refractivity contribution in [2.75, 3.05) is 6.61 Å². The van der Waals surface area contributed by atoms with Gasteiger partial charge in [0.1, 0.15) is 17.0 Å². The van der Waals surface area contributed by atoms with Crippen LogP contribution in [0.25, 0.3) is 0 Å². The van der Waals surface area contributed by atoms with Gasteiger partial charge in [-0.2, -0.15) is 0 Å². The van der Waals surface area contributed by atoms with Gasteiger partial charge in [0, 0.05) is 36.0 Å². The molecular weight excluding hydrogens is 412 g/mol.